The maximum Gasteiger partial charge on any atom is 0.129 e. The van der Waals surface area contributed by atoms with Crippen molar-refractivity contribution in [1.82, 2.24) is 0 Å². The molecule has 1 aromatic carbocycles. The zero-order chi connectivity index (χ0) is 9.42. The molecule has 0 bridgehead atoms. The highest BCUT2D eigenvalue weighted by molar-refractivity contribution is 14.1. The van der Waals surface area contributed by atoms with Crippen LogP contribution in [0, 0.1) is 3.57 Å². The Morgan fingerprint density at radius 2 is 2.38 bits per heavy atom. The Bertz CT molecular complexity index is 341. The van der Waals surface area contributed by atoms with Gasteiger partial charge in [0.1, 0.15) is 18.1 Å². The Morgan fingerprint density at radius 3 is 3.08 bits per heavy atom. The number of hydrogen-bond acceptors (Lipinski definition) is 3. The summed E-state index contributed by atoms with van der Waals surface area (Å²) >= 11 is 2.25. The average Bonchev–Trinajstić information content (AvgIpc) is 2.48. The van der Waals surface area contributed by atoms with Crippen molar-refractivity contribution in [2.45, 2.75) is 6.04 Å². The molecular formula is C9H10INO2. The van der Waals surface area contributed by atoms with Gasteiger partial charge in [-0.05, 0) is 28.7 Å². The Hall–Kier alpha value is -0.490. The third-order valence-corrected chi connectivity index (χ3v) is 2.98. The third kappa shape index (κ3) is 1.48. The van der Waals surface area contributed by atoms with Crippen molar-refractivity contribution in [2.24, 2.45) is 5.73 Å². The first-order valence-electron chi connectivity index (χ1n) is 3.98. The first-order chi connectivity index (χ1) is 6.22. The molecule has 0 spiro atoms. The lowest BCUT2D eigenvalue weighted by Crippen LogP contribution is -2.11. The number of methoxy groups -OCH3 is 1. The van der Waals surface area contributed by atoms with E-state index in [9.17, 15) is 0 Å². The van der Waals surface area contributed by atoms with Gasteiger partial charge < -0.3 is 15.2 Å². The fourth-order valence-electron chi connectivity index (χ4n) is 1.43. The molecule has 0 aromatic heterocycles. The molecule has 2 N–H and O–H groups in total. The van der Waals surface area contributed by atoms with Gasteiger partial charge in [0.2, 0.25) is 0 Å². The monoisotopic (exact) mass is 291 g/mol. The minimum Gasteiger partial charge on any atom is -0.497 e. The van der Waals surface area contributed by atoms with Crippen molar-refractivity contribution < 1.29 is 9.47 Å². The summed E-state index contributed by atoms with van der Waals surface area (Å²) in [6.07, 6.45) is 0. The van der Waals surface area contributed by atoms with Crippen molar-refractivity contribution in [3.05, 3.63) is 21.3 Å². The van der Waals surface area contributed by atoms with Crippen LogP contribution in [0.4, 0.5) is 0 Å². The Kier molecular flexibility index (Phi) is 2.33. The lowest BCUT2D eigenvalue weighted by molar-refractivity contribution is 0.331. The lowest BCUT2D eigenvalue weighted by Gasteiger charge is -2.06. The molecule has 0 saturated heterocycles. The highest BCUT2D eigenvalue weighted by Crippen LogP contribution is 2.37. The van der Waals surface area contributed by atoms with Crippen LogP contribution >= 0.6 is 22.6 Å². The maximum atomic E-state index is 5.87. The van der Waals surface area contributed by atoms with Gasteiger partial charge in [-0.2, -0.15) is 0 Å². The number of benzene rings is 1. The maximum absolute atomic E-state index is 5.87. The van der Waals surface area contributed by atoms with Crippen LogP contribution in [-0.2, 0) is 0 Å². The van der Waals surface area contributed by atoms with Crippen LogP contribution in [0.2, 0.25) is 0 Å². The molecular weight excluding hydrogens is 281 g/mol. The molecule has 3 nitrogen and oxygen atoms in total. The van der Waals surface area contributed by atoms with Gasteiger partial charge in [0.25, 0.3) is 0 Å². The lowest BCUT2D eigenvalue weighted by atomic mass is 10.1. The van der Waals surface area contributed by atoms with Gasteiger partial charge in [-0.1, -0.05) is 0 Å². The van der Waals surface area contributed by atoms with Crippen LogP contribution < -0.4 is 15.2 Å². The fraction of sp³-hybridized carbons (Fsp3) is 0.333. The summed E-state index contributed by atoms with van der Waals surface area (Å²) in [6, 6.07) is 3.85. The van der Waals surface area contributed by atoms with Gasteiger partial charge >= 0.3 is 0 Å². The molecule has 1 aromatic rings. The number of hydrogen-bond donors (Lipinski definition) is 1. The van der Waals surface area contributed by atoms with Gasteiger partial charge in [-0.3, -0.25) is 0 Å². The third-order valence-electron chi connectivity index (χ3n) is 2.09. The predicted molar refractivity (Wildman–Crippen MR) is 58.1 cm³/mol. The molecule has 0 radical (unpaired) electrons. The normalized spacial score (nSPS) is 19.5. The second-order valence-corrected chi connectivity index (χ2v) is 4.10. The molecule has 2 rings (SSSR count). The summed E-state index contributed by atoms with van der Waals surface area (Å²) in [6.45, 7) is 0.568. The molecule has 1 atom stereocenters. The van der Waals surface area contributed by atoms with Crippen LogP contribution in [0.3, 0.4) is 0 Å². The molecule has 0 saturated carbocycles. The standard InChI is InChI=1S/C9H10INO2/c1-12-5-2-6(10)9-7(11)4-13-8(9)3-5/h2-3,7H,4,11H2,1H3/t7-/m0/s1. The average molecular weight is 291 g/mol. The molecule has 1 aliphatic heterocycles. The van der Waals surface area contributed by atoms with E-state index in [1.165, 1.54) is 0 Å². The number of halogens is 1. The largest absolute Gasteiger partial charge is 0.497 e. The van der Waals surface area contributed by atoms with Crippen molar-refractivity contribution in [1.29, 1.82) is 0 Å². The molecule has 1 aliphatic rings. The number of ether oxygens (including phenoxy) is 2. The zero-order valence-electron chi connectivity index (χ0n) is 7.21. The van der Waals surface area contributed by atoms with Crippen LogP contribution in [0.15, 0.2) is 12.1 Å². The summed E-state index contributed by atoms with van der Waals surface area (Å²) in [7, 11) is 1.65. The molecule has 13 heavy (non-hydrogen) atoms. The smallest absolute Gasteiger partial charge is 0.129 e. The quantitative estimate of drug-likeness (QED) is 0.801. The van der Waals surface area contributed by atoms with E-state index in [1.807, 2.05) is 12.1 Å². The number of rotatable bonds is 1. The van der Waals surface area contributed by atoms with E-state index in [0.717, 1.165) is 20.6 Å². The van der Waals surface area contributed by atoms with Crippen molar-refractivity contribution in [3.63, 3.8) is 0 Å². The van der Waals surface area contributed by atoms with E-state index in [-0.39, 0.29) is 6.04 Å². The molecule has 4 heteroatoms. The van der Waals surface area contributed by atoms with Crippen LogP contribution in [-0.4, -0.2) is 13.7 Å². The molecule has 0 aliphatic carbocycles. The molecule has 0 unspecified atom stereocenters. The fourth-order valence-corrected chi connectivity index (χ4v) is 2.40. The second-order valence-electron chi connectivity index (χ2n) is 2.94. The molecule has 0 amide bonds. The Morgan fingerprint density at radius 1 is 1.62 bits per heavy atom. The highest BCUT2D eigenvalue weighted by atomic mass is 127. The van der Waals surface area contributed by atoms with Gasteiger partial charge in [-0.15, -0.1) is 0 Å². The summed E-state index contributed by atoms with van der Waals surface area (Å²) < 4.78 is 11.7. The van der Waals surface area contributed by atoms with E-state index >= 15 is 0 Å². The highest BCUT2D eigenvalue weighted by Gasteiger charge is 2.24. The van der Waals surface area contributed by atoms with Gasteiger partial charge in [0.05, 0.1) is 13.2 Å². The first-order valence-corrected chi connectivity index (χ1v) is 5.06. The minimum absolute atomic E-state index is 0.00723. The number of fused-ring (bicyclic) bond motifs is 1. The summed E-state index contributed by atoms with van der Waals surface area (Å²) in [5.74, 6) is 1.67. The van der Waals surface area contributed by atoms with Gasteiger partial charge in [0.15, 0.2) is 0 Å². The van der Waals surface area contributed by atoms with Crippen LogP contribution in [0.5, 0.6) is 11.5 Å². The van der Waals surface area contributed by atoms with Crippen molar-refractivity contribution in [2.75, 3.05) is 13.7 Å². The molecule has 70 valence electrons. The minimum atomic E-state index is 0.00723. The van der Waals surface area contributed by atoms with E-state index < -0.39 is 0 Å². The Balaban J connectivity index is 2.53. The van der Waals surface area contributed by atoms with Crippen LogP contribution in [0.1, 0.15) is 11.6 Å². The van der Waals surface area contributed by atoms with E-state index in [2.05, 4.69) is 22.6 Å². The summed E-state index contributed by atoms with van der Waals surface area (Å²) in [4.78, 5) is 0. The van der Waals surface area contributed by atoms with Gasteiger partial charge in [-0.25, -0.2) is 0 Å². The zero-order valence-corrected chi connectivity index (χ0v) is 9.37. The number of nitrogens with two attached hydrogens (primary N) is 1. The summed E-state index contributed by atoms with van der Waals surface area (Å²) in [5.41, 5.74) is 6.97. The second kappa shape index (κ2) is 3.34. The topological polar surface area (TPSA) is 44.5 Å². The molecule has 1 heterocycles. The van der Waals surface area contributed by atoms with E-state index in [0.29, 0.717) is 6.61 Å². The van der Waals surface area contributed by atoms with E-state index in [4.69, 9.17) is 15.2 Å². The van der Waals surface area contributed by atoms with E-state index in [1.54, 1.807) is 7.11 Å². The van der Waals surface area contributed by atoms with Crippen molar-refractivity contribution in [3.8, 4) is 11.5 Å². The van der Waals surface area contributed by atoms with Crippen LogP contribution in [0.25, 0.3) is 0 Å². The Labute approximate surface area is 90.3 Å². The van der Waals surface area contributed by atoms with Gasteiger partial charge in [0, 0.05) is 15.2 Å². The predicted octanol–water partition coefficient (Wildman–Crippen LogP) is 1.69. The summed E-state index contributed by atoms with van der Waals surface area (Å²) in [5, 5.41) is 0. The first kappa shape index (κ1) is 9.08. The SMILES string of the molecule is COc1cc(I)c2c(c1)OC[C@@H]2N. The molecule has 0 fully saturated rings. The van der Waals surface area contributed by atoms with Crippen molar-refractivity contribution >= 4 is 22.6 Å².